The van der Waals surface area contributed by atoms with Gasteiger partial charge in [-0.05, 0) is 30.5 Å². The van der Waals surface area contributed by atoms with Crippen molar-refractivity contribution in [1.82, 2.24) is 20.3 Å². The van der Waals surface area contributed by atoms with E-state index in [-0.39, 0.29) is 5.91 Å². The average Bonchev–Trinajstić information content (AvgIpc) is 2.91. The van der Waals surface area contributed by atoms with Crippen LogP contribution in [-0.2, 0) is 0 Å². The van der Waals surface area contributed by atoms with Crippen molar-refractivity contribution < 1.29 is 9.53 Å². The third-order valence-electron chi connectivity index (χ3n) is 5.10. The van der Waals surface area contributed by atoms with E-state index < -0.39 is 0 Å². The van der Waals surface area contributed by atoms with Gasteiger partial charge in [-0.15, -0.1) is 0 Å². The predicted molar refractivity (Wildman–Crippen MR) is 93.7 cm³/mol. The summed E-state index contributed by atoms with van der Waals surface area (Å²) in [6, 6.07) is 5.67. The molecule has 6 heteroatoms. The smallest absolute Gasteiger partial charge is 0.255 e. The molecule has 1 amide bonds. The lowest BCUT2D eigenvalue weighted by Crippen LogP contribution is -2.24. The standard InChI is InChI=1S/C19H18N4O2/c24-19-13-5-4-12(8-16(13)25-7-6-20-19)14-9-22-18-15(14)10-21-17(23-18)11-2-1-3-11/h4-5,8-11H,1-3,6-7H2,(H,20,24)(H,21,22,23). The van der Waals surface area contributed by atoms with Gasteiger partial charge in [-0.25, -0.2) is 9.97 Å². The number of aromatic nitrogens is 3. The molecular formula is C19H18N4O2. The number of hydrogen-bond acceptors (Lipinski definition) is 4. The Morgan fingerprint density at radius 2 is 2.12 bits per heavy atom. The maximum absolute atomic E-state index is 12.0. The number of H-pyrrole nitrogens is 1. The summed E-state index contributed by atoms with van der Waals surface area (Å²) >= 11 is 0. The predicted octanol–water partition coefficient (Wildman–Crippen LogP) is 3.01. The molecule has 1 aromatic carbocycles. The minimum atomic E-state index is -0.0912. The zero-order chi connectivity index (χ0) is 16.8. The topological polar surface area (TPSA) is 79.9 Å². The Balaban J connectivity index is 1.56. The van der Waals surface area contributed by atoms with Crippen molar-refractivity contribution in [1.29, 1.82) is 0 Å². The number of carbonyl (C=O) groups excluding carboxylic acids is 1. The number of nitrogens with one attached hydrogen (secondary N) is 2. The fraction of sp³-hybridized carbons (Fsp3) is 0.316. The van der Waals surface area contributed by atoms with E-state index in [4.69, 9.17) is 9.72 Å². The zero-order valence-electron chi connectivity index (χ0n) is 13.7. The summed E-state index contributed by atoms with van der Waals surface area (Å²) in [6.07, 6.45) is 7.49. The molecule has 0 spiro atoms. The monoisotopic (exact) mass is 334 g/mol. The second-order valence-corrected chi connectivity index (χ2v) is 6.64. The van der Waals surface area contributed by atoms with Gasteiger partial charge >= 0.3 is 0 Å². The minimum absolute atomic E-state index is 0.0912. The zero-order valence-corrected chi connectivity index (χ0v) is 13.7. The lowest BCUT2D eigenvalue weighted by atomic mass is 9.85. The highest BCUT2D eigenvalue weighted by atomic mass is 16.5. The molecule has 3 aromatic rings. The summed E-state index contributed by atoms with van der Waals surface area (Å²) in [5.41, 5.74) is 3.44. The van der Waals surface area contributed by atoms with Gasteiger partial charge in [-0.3, -0.25) is 4.79 Å². The Hall–Kier alpha value is -2.89. The molecule has 5 rings (SSSR count). The van der Waals surface area contributed by atoms with E-state index in [1.165, 1.54) is 19.3 Å². The first-order chi connectivity index (χ1) is 12.3. The molecule has 2 aliphatic rings. The number of fused-ring (bicyclic) bond motifs is 2. The van der Waals surface area contributed by atoms with E-state index >= 15 is 0 Å². The summed E-state index contributed by atoms with van der Waals surface area (Å²) in [5.74, 6) is 1.98. The first kappa shape index (κ1) is 14.5. The molecule has 1 saturated carbocycles. The normalized spacial score (nSPS) is 17.4. The molecular weight excluding hydrogens is 316 g/mol. The van der Waals surface area contributed by atoms with E-state index in [9.17, 15) is 4.79 Å². The summed E-state index contributed by atoms with van der Waals surface area (Å²) in [5, 5.41) is 3.81. The van der Waals surface area contributed by atoms with Crippen molar-refractivity contribution in [3.05, 3.63) is 42.0 Å². The van der Waals surface area contributed by atoms with Gasteiger partial charge in [0.2, 0.25) is 0 Å². The summed E-state index contributed by atoms with van der Waals surface area (Å²) < 4.78 is 5.72. The van der Waals surface area contributed by atoms with Crippen LogP contribution in [0.1, 0.15) is 41.4 Å². The number of rotatable bonds is 2. The fourth-order valence-corrected chi connectivity index (χ4v) is 3.44. The molecule has 0 atom stereocenters. The number of aromatic amines is 1. The minimum Gasteiger partial charge on any atom is -0.491 e. The SMILES string of the molecule is O=C1NCCOc2cc(-c3c[nH]c4nc(C5CCC5)ncc34)ccc21. The van der Waals surface area contributed by atoms with Gasteiger partial charge in [0.05, 0.1) is 12.1 Å². The van der Waals surface area contributed by atoms with Crippen molar-refractivity contribution in [2.24, 2.45) is 0 Å². The van der Waals surface area contributed by atoms with Crippen LogP contribution >= 0.6 is 0 Å². The third kappa shape index (κ3) is 2.36. The van der Waals surface area contributed by atoms with Crippen LogP contribution in [0.5, 0.6) is 5.75 Å². The number of amides is 1. The van der Waals surface area contributed by atoms with Crippen molar-refractivity contribution in [2.45, 2.75) is 25.2 Å². The summed E-state index contributed by atoms with van der Waals surface area (Å²) in [7, 11) is 0. The van der Waals surface area contributed by atoms with Gasteiger partial charge in [-0.1, -0.05) is 12.5 Å². The number of hydrogen-bond donors (Lipinski definition) is 2. The maximum atomic E-state index is 12.0. The Bertz CT molecular complexity index is 975. The van der Waals surface area contributed by atoms with Crippen molar-refractivity contribution in [3.8, 4) is 16.9 Å². The molecule has 126 valence electrons. The van der Waals surface area contributed by atoms with E-state index in [1.54, 1.807) is 0 Å². The van der Waals surface area contributed by atoms with Crippen LogP contribution in [-0.4, -0.2) is 34.0 Å². The number of nitrogens with zero attached hydrogens (tertiary/aromatic N) is 2. The van der Waals surface area contributed by atoms with E-state index in [1.807, 2.05) is 30.6 Å². The van der Waals surface area contributed by atoms with Gasteiger partial charge in [-0.2, -0.15) is 0 Å². The molecule has 1 aliphatic carbocycles. The average molecular weight is 334 g/mol. The molecule has 6 nitrogen and oxygen atoms in total. The fourth-order valence-electron chi connectivity index (χ4n) is 3.44. The largest absolute Gasteiger partial charge is 0.491 e. The lowest BCUT2D eigenvalue weighted by molar-refractivity contribution is 0.0957. The van der Waals surface area contributed by atoms with Gasteiger partial charge < -0.3 is 15.0 Å². The Kier molecular flexibility index (Phi) is 3.23. The van der Waals surface area contributed by atoms with Crippen LogP contribution in [0, 0.1) is 0 Å². The highest BCUT2D eigenvalue weighted by molar-refractivity contribution is 5.99. The number of ether oxygens (including phenoxy) is 1. The molecule has 0 radical (unpaired) electrons. The van der Waals surface area contributed by atoms with E-state index in [0.717, 1.165) is 28.0 Å². The Morgan fingerprint density at radius 1 is 1.20 bits per heavy atom. The van der Waals surface area contributed by atoms with E-state index in [0.29, 0.717) is 30.4 Å². The van der Waals surface area contributed by atoms with Crippen LogP contribution in [0.4, 0.5) is 0 Å². The van der Waals surface area contributed by atoms with Gasteiger partial charge in [0.25, 0.3) is 5.91 Å². The third-order valence-corrected chi connectivity index (χ3v) is 5.10. The van der Waals surface area contributed by atoms with Gasteiger partial charge in [0.15, 0.2) is 0 Å². The molecule has 3 heterocycles. The van der Waals surface area contributed by atoms with Crippen LogP contribution < -0.4 is 10.1 Å². The second-order valence-electron chi connectivity index (χ2n) is 6.64. The van der Waals surface area contributed by atoms with Crippen LogP contribution in [0.15, 0.2) is 30.6 Å². The lowest BCUT2D eigenvalue weighted by Gasteiger charge is -2.23. The summed E-state index contributed by atoms with van der Waals surface area (Å²) in [6.45, 7) is 0.998. The Morgan fingerprint density at radius 3 is 2.96 bits per heavy atom. The highest BCUT2D eigenvalue weighted by Gasteiger charge is 2.23. The molecule has 2 N–H and O–H groups in total. The molecule has 0 saturated heterocycles. The summed E-state index contributed by atoms with van der Waals surface area (Å²) in [4.78, 5) is 24.6. The second kappa shape index (κ2) is 5.58. The molecule has 0 unspecified atom stereocenters. The number of carbonyl (C=O) groups is 1. The molecule has 2 aromatic heterocycles. The molecule has 1 aliphatic heterocycles. The van der Waals surface area contributed by atoms with Crippen molar-refractivity contribution in [2.75, 3.05) is 13.2 Å². The molecule has 25 heavy (non-hydrogen) atoms. The quantitative estimate of drug-likeness (QED) is 0.755. The first-order valence-corrected chi connectivity index (χ1v) is 8.69. The molecule has 0 bridgehead atoms. The molecule has 1 fully saturated rings. The maximum Gasteiger partial charge on any atom is 0.255 e. The van der Waals surface area contributed by atoms with Crippen LogP contribution in [0.25, 0.3) is 22.2 Å². The van der Waals surface area contributed by atoms with Crippen molar-refractivity contribution in [3.63, 3.8) is 0 Å². The van der Waals surface area contributed by atoms with E-state index in [2.05, 4.69) is 15.3 Å². The van der Waals surface area contributed by atoms with Gasteiger partial charge in [0.1, 0.15) is 23.8 Å². The van der Waals surface area contributed by atoms with Gasteiger partial charge in [0, 0.05) is 29.3 Å². The van der Waals surface area contributed by atoms with Crippen LogP contribution in [0.2, 0.25) is 0 Å². The van der Waals surface area contributed by atoms with Crippen LogP contribution in [0.3, 0.4) is 0 Å². The first-order valence-electron chi connectivity index (χ1n) is 8.69. The van der Waals surface area contributed by atoms with Crippen molar-refractivity contribution >= 4 is 16.9 Å². The number of benzene rings is 1. The highest BCUT2D eigenvalue weighted by Crippen LogP contribution is 2.36. The Labute approximate surface area is 144 Å².